The molecule has 34 heavy (non-hydrogen) atoms. The number of fused-ring (bicyclic) bond motifs is 1. The molecule has 0 radical (unpaired) electrons. The summed E-state index contributed by atoms with van der Waals surface area (Å²) < 4.78 is 11.6. The van der Waals surface area contributed by atoms with E-state index in [1.807, 2.05) is 6.92 Å². The first-order chi connectivity index (χ1) is 16.3. The lowest BCUT2D eigenvalue weighted by atomic mass is 10.1. The van der Waals surface area contributed by atoms with Crippen molar-refractivity contribution >= 4 is 40.1 Å². The van der Waals surface area contributed by atoms with Crippen LogP contribution in [0.3, 0.4) is 0 Å². The van der Waals surface area contributed by atoms with E-state index in [0.29, 0.717) is 23.7 Å². The van der Waals surface area contributed by atoms with E-state index in [1.165, 1.54) is 23.9 Å². The number of aryl methyl sites for hydroxylation is 1. The topological polar surface area (TPSA) is 155 Å². The Hall–Kier alpha value is -4.12. The van der Waals surface area contributed by atoms with Crippen LogP contribution in [0, 0.1) is 0 Å². The van der Waals surface area contributed by atoms with E-state index in [9.17, 15) is 19.2 Å². The van der Waals surface area contributed by atoms with Crippen LogP contribution in [0.5, 0.6) is 11.5 Å². The largest absolute Gasteiger partial charge is 0.493 e. The molecule has 4 N–H and O–H groups in total. The van der Waals surface area contributed by atoms with Crippen LogP contribution in [0.25, 0.3) is 10.8 Å². The van der Waals surface area contributed by atoms with Gasteiger partial charge < -0.3 is 15.2 Å². The van der Waals surface area contributed by atoms with Crippen molar-refractivity contribution in [3.8, 4) is 11.5 Å². The Morgan fingerprint density at radius 1 is 1.12 bits per heavy atom. The van der Waals surface area contributed by atoms with E-state index in [2.05, 4.69) is 16.0 Å². The van der Waals surface area contributed by atoms with Gasteiger partial charge in [-0.15, -0.1) is 0 Å². The number of halogens is 1. The Morgan fingerprint density at radius 3 is 2.44 bits per heavy atom. The Balaban J connectivity index is 1.83. The fourth-order valence-electron chi connectivity index (χ4n) is 3.15. The summed E-state index contributed by atoms with van der Waals surface area (Å²) in [5.74, 6) is -2.01. The average Bonchev–Trinajstić information content (AvgIpc) is 2.82. The van der Waals surface area contributed by atoms with Crippen LogP contribution in [-0.4, -0.2) is 41.2 Å². The number of nitrogens with zero attached hydrogens (tertiary/aromatic N) is 2. The van der Waals surface area contributed by atoms with Gasteiger partial charge in [0.1, 0.15) is 0 Å². The van der Waals surface area contributed by atoms with E-state index in [1.54, 1.807) is 24.3 Å². The zero-order valence-corrected chi connectivity index (χ0v) is 19.1. The van der Waals surface area contributed by atoms with Crippen LogP contribution in [0.4, 0.5) is 0 Å². The molecule has 2 aromatic carbocycles. The quantitative estimate of drug-likeness (QED) is 0.406. The zero-order chi connectivity index (χ0) is 24.8. The van der Waals surface area contributed by atoms with Crippen LogP contribution in [0.1, 0.15) is 34.2 Å². The fourth-order valence-corrected chi connectivity index (χ4v) is 3.41. The maximum Gasteiger partial charge on any atom is 0.290 e. The van der Waals surface area contributed by atoms with Gasteiger partial charge in [-0.3, -0.25) is 30.0 Å². The summed E-state index contributed by atoms with van der Waals surface area (Å²) in [6.07, 6.45) is 0.644. The fraction of sp³-hybridized carbons (Fsp3) is 0.227. The lowest BCUT2D eigenvalue weighted by Crippen LogP contribution is -2.42. The second-order valence-corrected chi connectivity index (χ2v) is 7.48. The standard InChI is InChI=1S/C22H22ClN5O6/c1-3-8-28-22(32)14-7-5-4-6-13(14)18(27-28)21(31)26-25-20(30)12-9-15(23)19(16(10-12)33-2)34-11-17(24)29/h4-7,9-10H,3,8,11H2,1-2H3,(H2,24,29)(H,25,30)(H,26,31). The highest BCUT2D eigenvalue weighted by atomic mass is 35.5. The minimum atomic E-state index is -0.714. The molecule has 0 saturated heterocycles. The number of benzene rings is 2. The molecule has 3 amide bonds. The van der Waals surface area contributed by atoms with Crippen LogP contribution in [0.15, 0.2) is 41.2 Å². The van der Waals surface area contributed by atoms with Crippen molar-refractivity contribution in [1.29, 1.82) is 0 Å². The highest BCUT2D eigenvalue weighted by Crippen LogP contribution is 2.36. The molecule has 3 aromatic rings. The molecular weight excluding hydrogens is 466 g/mol. The summed E-state index contributed by atoms with van der Waals surface area (Å²) >= 11 is 6.16. The number of carbonyl (C=O) groups is 3. The molecule has 0 spiro atoms. The van der Waals surface area contributed by atoms with Crippen LogP contribution >= 0.6 is 11.6 Å². The molecule has 12 heteroatoms. The lowest BCUT2D eigenvalue weighted by molar-refractivity contribution is -0.119. The molecule has 178 valence electrons. The summed E-state index contributed by atoms with van der Waals surface area (Å²) in [4.78, 5) is 49.0. The predicted octanol–water partition coefficient (Wildman–Crippen LogP) is 1.41. The SMILES string of the molecule is CCCn1nc(C(=O)NNC(=O)c2cc(Cl)c(OCC(N)=O)c(OC)c2)c2ccccc2c1=O. The van der Waals surface area contributed by atoms with E-state index in [4.69, 9.17) is 26.8 Å². The maximum atomic E-state index is 12.8. The van der Waals surface area contributed by atoms with Crippen molar-refractivity contribution in [2.75, 3.05) is 13.7 Å². The molecule has 0 saturated carbocycles. The average molecular weight is 488 g/mol. The molecule has 11 nitrogen and oxygen atoms in total. The summed E-state index contributed by atoms with van der Waals surface area (Å²) in [5.41, 5.74) is 9.37. The zero-order valence-electron chi connectivity index (χ0n) is 18.4. The number of carbonyl (C=O) groups excluding carboxylic acids is 3. The Morgan fingerprint density at radius 2 is 1.79 bits per heavy atom. The predicted molar refractivity (Wildman–Crippen MR) is 124 cm³/mol. The molecule has 0 bridgehead atoms. The van der Waals surface area contributed by atoms with Gasteiger partial charge in [-0.1, -0.05) is 36.7 Å². The van der Waals surface area contributed by atoms with Gasteiger partial charge in [0, 0.05) is 17.5 Å². The van der Waals surface area contributed by atoms with E-state index < -0.39 is 24.3 Å². The third-order valence-corrected chi connectivity index (χ3v) is 4.94. The van der Waals surface area contributed by atoms with Crippen LogP contribution in [0.2, 0.25) is 5.02 Å². The third-order valence-electron chi connectivity index (χ3n) is 4.66. The Labute approximate surface area is 198 Å². The van der Waals surface area contributed by atoms with Crippen LogP contribution in [-0.2, 0) is 11.3 Å². The number of aromatic nitrogens is 2. The molecule has 0 aliphatic heterocycles. The number of primary amides is 1. The number of hydrogen-bond acceptors (Lipinski definition) is 7. The van der Waals surface area contributed by atoms with Crippen molar-refractivity contribution in [3.05, 3.63) is 63.0 Å². The second kappa shape index (κ2) is 10.7. The molecule has 1 aromatic heterocycles. The summed E-state index contributed by atoms with van der Waals surface area (Å²) in [6, 6.07) is 9.18. The van der Waals surface area contributed by atoms with Gasteiger partial charge in [0.05, 0.1) is 17.5 Å². The van der Waals surface area contributed by atoms with Gasteiger partial charge in [-0.05, 0) is 24.6 Å². The summed E-state index contributed by atoms with van der Waals surface area (Å²) in [7, 11) is 1.33. The molecule has 0 aliphatic carbocycles. The smallest absolute Gasteiger partial charge is 0.290 e. The van der Waals surface area contributed by atoms with Crippen molar-refractivity contribution in [2.45, 2.75) is 19.9 Å². The van der Waals surface area contributed by atoms with Gasteiger partial charge in [0.25, 0.3) is 23.3 Å². The molecule has 0 unspecified atom stereocenters. The van der Waals surface area contributed by atoms with E-state index >= 15 is 0 Å². The first-order valence-corrected chi connectivity index (χ1v) is 10.5. The lowest BCUT2D eigenvalue weighted by Gasteiger charge is -2.14. The number of ether oxygens (including phenoxy) is 2. The van der Waals surface area contributed by atoms with Gasteiger partial charge >= 0.3 is 0 Å². The maximum absolute atomic E-state index is 12.8. The summed E-state index contributed by atoms with van der Waals surface area (Å²) in [5, 5.41) is 4.86. The van der Waals surface area contributed by atoms with Gasteiger partial charge in [0.15, 0.2) is 23.8 Å². The number of nitrogens with two attached hydrogens (primary N) is 1. The number of nitrogens with one attached hydrogen (secondary N) is 2. The Kier molecular flexibility index (Phi) is 7.69. The first kappa shape index (κ1) is 24.5. The number of methoxy groups -OCH3 is 1. The van der Waals surface area contributed by atoms with Gasteiger partial charge in [-0.2, -0.15) is 5.10 Å². The first-order valence-electron chi connectivity index (χ1n) is 10.2. The van der Waals surface area contributed by atoms with Gasteiger partial charge in [0.2, 0.25) is 0 Å². The molecule has 0 fully saturated rings. The van der Waals surface area contributed by atoms with Crippen molar-refractivity contribution in [2.24, 2.45) is 5.73 Å². The number of hydrazine groups is 1. The van der Waals surface area contributed by atoms with E-state index in [-0.39, 0.29) is 33.3 Å². The third kappa shape index (κ3) is 5.26. The minimum absolute atomic E-state index is 0.00335. The highest BCUT2D eigenvalue weighted by molar-refractivity contribution is 6.32. The van der Waals surface area contributed by atoms with Gasteiger partial charge in [-0.25, -0.2) is 4.68 Å². The normalized spacial score (nSPS) is 10.6. The summed E-state index contributed by atoms with van der Waals surface area (Å²) in [6.45, 7) is 1.78. The van der Waals surface area contributed by atoms with Crippen molar-refractivity contribution < 1.29 is 23.9 Å². The minimum Gasteiger partial charge on any atom is -0.493 e. The molecule has 0 atom stereocenters. The van der Waals surface area contributed by atoms with Crippen molar-refractivity contribution in [3.63, 3.8) is 0 Å². The number of amides is 3. The van der Waals surface area contributed by atoms with Crippen molar-refractivity contribution in [1.82, 2.24) is 20.6 Å². The molecule has 0 aliphatic rings. The second-order valence-electron chi connectivity index (χ2n) is 7.08. The Bertz CT molecular complexity index is 1320. The highest BCUT2D eigenvalue weighted by Gasteiger charge is 2.20. The molecular formula is C22H22ClN5O6. The number of hydrogen-bond donors (Lipinski definition) is 3. The van der Waals surface area contributed by atoms with E-state index in [0.717, 1.165) is 0 Å². The number of rotatable bonds is 8. The molecule has 3 rings (SSSR count). The molecule has 1 heterocycles. The van der Waals surface area contributed by atoms with Crippen LogP contribution < -0.4 is 31.6 Å². The monoisotopic (exact) mass is 487 g/mol.